The summed E-state index contributed by atoms with van der Waals surface area (Å²) in [4.78, 5) is 4.14. The first-order chi connectivity index (χ1) is 10.1. The Hall–Kier alpha value is -1.89. The number of benzene rings is 1. The van der Waals surface area contributed by atoms with Gasteiger partial charge in [0, 0.05) is 5.56 Å². The molecule has 3 rings (SSSR count). The summed E-state index contributed by atoms with van der Waals surface area (Å²) in [5.74, 6) is 0.326. The van der Waals surface area contributed by atoms with Crippen molar-refractivity contribution in [1.82, 2.24) is 15.5 Å². The van der Waals surface area contributed by atoms with Crippen molar-refractivity contribution < 1.29 is 17.7 Å². The van der Waals surface area contributed by atoms with E-state index in [2.05, 4.69) is 15.5 Å². The number of alkyl halides is 3. The van der Waals surface area contributed by atoms with Gasteiger partial charge in [-0.25, -0.2) is 0 Å². The minimum absolute atomic E-state index is 0.0229. The maximum absolute atomic E-state index is 13.0. The van der Waals surface area contributed by atoms with Crippen LogP contribution in [0, 0.1) is 0 Å². The van der Waals surface area contributed by atoms with E-state index in [0.717, 1.165) is 31.9 Å². The van der Waals surface area contributed by atoms with Crippen LogP contribution in [0.15, 0.2) is 28.8 Å². The largest absolute Gasteiger partial charge is 0.417 e. The minimum atomic E-state index is -4.44. The third kappa shape index (κ3) is 2.92. The first kappa shape index (κ1) is 14.1. The van der Waals surface area contributed by atoms with Gasteiger partial charge in [0.1, 0.15) is 0 Å². The van der Waals surface area contributed by atoms with Gasteiger partial charge < -0.3 is 9.84 Å². The lowest BCUT2D eigenvalue weighted by atomic mass is 10.0. The van der Waals surface area contributed by atoms with Crippen LogP contribution < -0.4 is 5.32 Å². The van der Waals surface area contributed by atoms with Crippen LogP contribution >= 0.6 is 0 Å². The molecule has 0 saturated carbocycles. The third-order valence-corrected chi connectivity index (χ3v) is 3.52. The molecule has 1 aliphatic heterocycles. The van der Waals surface area contributed by atoms with Crippen LogP contribution in [0.2, 0.25) is 0 Å². The zero-order chi connectivity index (χ0) is 14.9. The minimum Gasteiger partial charge on any atom is -0.337 e. The van der Waals surface area contributed by atoms with Gasteiger partial charge >= 0.3 is 6.18 Å². The van der Waals surface area contributed by atoms with Gasteiger partial charge in [0.15, 0.2) is 0 Å². The summed E-state index contributed by atoms with van der Waals surface area (Å²) < 4.78 is 44.1. The molecule has 1 saturated heterocycles. The van der Waals surface area contributed by atoms with E-state index in [9.17, 15) is 13.2 Å². The van der Waals surface area contributed by atoms with Crippen LogP contribution in [0.4, 0.5) is 13.2 Å². The summed E-state index contributed by atoms with van der Waals surface area (Å²) in [5.41, 5.74) is -0.815. The third-order valence-electron chi connectivity index (χ3n) is 3.52. The van der Waals surface area contributed by atoms with Crippen molar-refractivity contribution in [1.29, 1.82) is 0 Å². The highest BCUT2D eigenvalue weighted by atomic mass is 19.4. The molecule has 0 spiro atoms. The van der Waals surface area contributed by atoms with E-state index in [-0.39, 0.29) is 17.4 Å². The fourth-order valence-electron chi connectivity index (χ4n) is 2.47. The molecule has 0 amide bonds. The Morgan fingerprint density at radius 2 is 2.00 bits per heavy atom. The van der Waals surface area contributed by atoms with Crippen LogP contribution in [0.3, 0.4) is 0 Å². The summed E-state index contributed by atoms with van der Waals surface area (Å²) >= 11 is 0. The average molecular weight is 297 g/mol. The van der Waals surface area contributed by atoms with Crippen LogP contribution in [-0.2, 0) is 6.18 Å². The first-order valence-electron chi connectivity index (χ1n) is 6.79. The van der Waals surface area contributed by atoms with Gasteiger partial charge in [-0.15, -0.1) is 0 Å². The summed E-state index contributed by atoms with van der Waals surface area (Å²) in [6.07, 6.45) is -1.48. The molecule has 1 fully saturated rings. The molecular weight excluding hydrogens is 283 g/mol. The average Bonchev–Trinajstić information content (AvgIpc) is 2.97. The highest BCUT2D eigenvalue weighted by molar-refractivity contribution is 5.60. The second-order valence-corrected chi connectivity index (χ2v) is 5.00. The van der Waals surface area contributed by atoms with Crippen LogP contribution in [-0.4, -0.2) is 16.7 Å². The Kier molecular flexibility index (Phi) is 3.67. The molecular formula is C14H14F3N3O. The standard InChI is InChI=1S/C14H14F3N3O/c15-14(16,17)10-6-2-1-5-9(10)12-19-13(21-20-12)11-7-3-4-8-18-11/h1-2,5-6,11,18H,3-4,7-8H2. The van der Waals surface area contributed by atoms with E-state index in [1.54, 1.807) is 0 Å². The number of nitrogens with one attached hydrogen (secondary N) is 1. The fourth-order valence-corrected chi connectivity index (χ4v) is 2.47. The second kappa shape index (κ2) is 5.48. The van der Waals surface area contributed by atoms with Crippen LogP contribution in [0.1, 0.15) is 36.8 Å². The quantitative estimate of drug-likeness (QED) is 0.920. The number of piperidine rings is 1. The molecule has 112 valence electrons. The summed E-state index contributed by atoms with van der Waals surface area (Å²) in [7, 11) is 0. The van der Waals surface area contributed by atoms with E-state index in [0.29, 0.717) is 5.89 Å². The molecule has 2 heterocycles. The van der Waals surface area contributed by atoms with E-state index in [4.69, 9.17) is 4.52 Å². The SMILES string of the molecule is FC(F)(F)c1ccccc1-c1noc(C2CCCCN2)n1. The topological polar surface area (TPSA) is 51.0 Å². The van der Waals surface area contributed by atoms with Gasteiger partial charge in [0.05, 0.1) is 11.6 Å². The molecule has 0 radical (unpaired) electrons. The van der Waals surface area contributed by atoms with Gasteiger partial charge in [0.2, 0.25) is 11.7 Å². The van der Waals surface area contributed by atoms with Crippen molar-refractivity contribution in [3.05, 3.63) is 35.7 Å². The van der Waals surface area contributed by atoms with Crippen molar-refractivity contribution >= 4 is 0 Å². The lowest BCUT2D eigenvalue weighted by Crippen LogP contribution is -2.26. The van der Waals surface area contributed by atoms with Crippen molar-refractivity contribution in [2.45, 2.75) is 31.5 Å². The Morgan fingerprint density at radius 1 is 1.19 bits per heavy atom. The smallest absolute Gasteiger partial charge is 0.337 e. The number of halogens is 3. The molecule has 1 atom stereocenters. The molecule has 0 bridgehead atoms. The van der Waals surface area contributed by atoms with Crippen LogP contribution in [0.25, 0.3) is 11.4 Å². The number of hydrogen-bond acceptors (Lipinski definition) is 4. The van der Waals surface area contributed by atoms with E-state index >= 15 is 0 Å². The maximum atomic E-state index is 13.0. The number of nitrogens with zero attached hydrogens (tertiary/aromatic N) is 2. The maximum Gasteiger partial charge on any atom is 0.417 e. The highest BCUT2D eigenvalue weighted by Gasteiger charge is 2.34. The van der Waals surface area contributed by atoms with Gasteiger partial charge in [-0.1, -0.05) is 29.8 Å². The van der Waals surface area contributed by atoms with E-state index in [1.165, 1.54) is 18.2 Å². The van der Waals surface area contributed by atoms with E-state index < -0.39 is 11.7 Å². The molecule has 4 nitrogen and oxygen atoms in total. The zero-order valence-electron chi connectivity index (χ0n) is 11.2. The highest BCUT2D eigenvalue weighted by Crippen LogP contribution is 2.36. The predicted molar refractivity (Wildman–Crippen MR) is 69.3 cm³/mol. The monoisotopic (exact) mass is 297 g/mol. The lowest BCUT2D eigenvalue weighted by Gasteiger charge is -2.19. The Morgan fingerprint density at radius 3 is 2.71 bits per heavy atom. The zero-order valence-corrected chi connectivity index (χ0v) is 11.2. The second-order valence-electron chi connectivity index (χ2n) is 5.00. The molecule has 0 aliphatic carbocycles. The van der Waals surface area contributed by atoms with Gasteiger partial charge in [0.25, 0.3) is 0 Å². The fraction of sp³-hybridized carbons (Fsp3) is 0.429. The van der Waals surface area contributed by atoms with Crippen molar-refractivity contribution in [2.75, 3.05) is 6.54 Å². The summed E-state index contributed by atoms with van der Waals surface area (Å²) in [5, 5.41) is 6.94. The Labute approximate surface area is 119 Å². The van der Waals surface area contributed by atoms with Gasteiger partial charge in [-0.3, -0.25) is 0 Å². The van der Waals surface area contributed by atoms with E-state index in [1.807, 2.05) is 0 Å². The first-order valence-corrected chi connectivity index (χ1v) is 6.79. The molecule has 1 N–H and O–H groups in total. The van der Waals surface area contributed by atoms with Crippen molar-refractivity contribution in [3.63, 3.8) is 0 Å². The van der Waals surface area contributed by atoms with Crippen molar-refractivity contribution in [2.24, 2.45) is 0 Å². The molecule has 1 aromatic carbocycles. The Bertz CT molecular complexity index is 618. The molecule has 2 aromatic rings. The normalized spacial score (nSPS) is 19.7. The summed E-state index contributed by atoms with van der Waals surface area (Å²) in [6.45, 7) is 0.849. The summed E-state index contributed by atoms with van der Waals surface area (Å²) in [6, 6.07) is 5.17. The Balaban J connectivity index is 1.93. The molecule has 1 aromatic heterocycles. The molecule has 1 unspecified atom stereocenters. The molecule has 21 heavy (non-hydrogen) atoms. The predicted octanol–water partition coefficient (Wildman–Crippen LogP) is 3.57. The lowest BCUT2D eigenvalue weighted by molar-refractivity contribution is -0.137. The molecule has 7 heteroatoms. The molecule has 1 aliphatic rings. The number of hydrogen-bond donors (Lipinski definition) is 1. The van der Waals surface area contributed by atoms with Gasteiger partial charge in [-0.05, 0) is 25.5 Å². The van der Waals surface area contributed by atoms with Gasteiger partial charge in [-0.2, -0.15) is 18.2 Å². The number of aromatic nitrogens is 2. The van der Waals surface area contributed by atoms with Crippen molar-refractivity contribution in [3.8, 4) is 11.4 Å². The number of rotatable bonds is 2. The van der Waals surface area contributed by atoms with Crippen LogP contribution in [0.5, 0.6) is 0 Å².